The highest BCUT2D eigenvalue weighted by Crippen LogP contribution is 2.28. The fourth-order valence-electron chi connectivity index (χ4n) is 2.10. The van der Waals surface area contributed by atoms with Crippen LogP contribution in [0.25, 0.3) is 0 Å². The second-order valence-electron chi connectivity index (χ2n) is 5.15. The van der Waals surface area contributed by atoms with Crippen LogP contribution in [-0.2, 0) is 4.79 Å². The molecule has 0 atom stereocenters. The van der Waals surface area contributed by atoms with Gasteiger partial charge in [0.1, 0.15) is 0 Å². The minimum atomic E-state index is -0.356. The van der Waals surface area contributed by atoms with Crippen LogP contribution in [-0.4, -0.2) is 16.7 Å². The summed E-state index contributed by atoms with van der Waals surface area (Å²) < 4.78 is 0. The first-order valence-corrected chi connectivity index (χ1v) is 8.67. The summed E-state index contributed by atoms with van der Waals surface area (Å²) in [6.45, 7) is 0. The number of thiazole rings is 1. The maximum Gasteiger partial charge on any atom is 0.232 e. The molecule has 2 aromatic carbocycles. The number of halogens is 1. The van der Waals surface area contributed by atoms with Gasteiger partial charge in [0.25, 0.3) is 0 Å². The molecule has 0 unspecified atom stereocenters. The van der Waals surface area contributed by atoms with E-state index >= 15 is 0 Å². The van der Waals surface area contributed by atoms with E-state index in [0.717, 1.165) is 0 Å². The molecule has 25 heavy (non-hydrogen) atoms. The smallest absolute Gasteiger partial charge is 0.232 e. The number of rotatable bonds is 6. The Bertz CT molecular complexity index is 896. The molecule has 0 aliphatic carbocycles. The number of ketones is 1. The van der Waals surface area contributed by atoms with Crippen LogP contribution >= 0.6 is 22.9 Å². The predicted octanol–water partition coefficient (Wildman–Crippen LogP) is 4.75. The van der Waals surface area contributed by atoms with Gasteiger partial charge in [0.15, 0.2) is 10.9 Å². The summed E-state index contributed by atoms with van der Waals surface area (Å²) >= 11 is 7.27. The van der Waals surface area contributed by atoms with E-state index in [2.05, 4.69) is 15.6 Å². The molecule has 0 radical (unpaired) electrons. The third kappa shape index (κ3) is 4.65. The van der Waals surface area contributed by atoms with Gasteiger partial charge in [-0.15, -0.1) is 0 Å². The van der Waals surface area contributed by atoms with Crippen molar-refractivity contribution in [3.05, 3.63) is 70.7 Å². The maximum atomic E-state index is 12.2. The van der Waals surface area contributed by atoms with Crippen LogP contribution in [0.1, 0.15) is 16.1 Å². The third-order valence-electron chi connectivity index (χ3n) is 3.27. The Kier molecular flexibility index (Phi) is 5.42. The molecule has 0 saturated heterocycles. The third-order valence-corrected chi connectivity index (χ3v) is 4.56. The summed E-state index contributed by atoms with van der Waals surface area (Å²) in [5.74, 6) is -0.636. The second kappa shape index (κ2) is 7.92. The van der Waals surface area contributed by atoms with Crippen molar-refractivity contribution in [1.82, 2.24) is 4.98 Å². The lowest BCUT2D eigenvalue weighted by Crippen LogP contribution is -2.15. The van der Waals surface area contributed by atoms with Crippen LogP contribution in [0.15, 0.2) is 60.8 Å². The summed E-state index contributed by atoms with van der Waals surface area (Å²) in [7, 11) is 0. The standard InChI is InChI=1S/C18H14ClN3O2S/c19-13-8-4-5-9-14(13)22-18-20-11-16(25-18)15(23)10-17(24)21-12-6-2-1-3-7-12/h1-9,11H,10H2,(H,20,22)(H,21,24). The number of benzene rings is 2. The van der Waals surface area contributed by atoms with Crippen LogP contribution in [0.2, 0.25) is 5.02 Å². The number of nitrogens with zero attached hydrogens (tertiary/aromatic N) is 1. The Balaban J connectivity index is 1.61. The minimum absolute atomic E-state index is 0.234. The molecule has 3 aromatic rings. The lowest BCUT2D eigenvalue weighted by Gasteiger charge is -2.04. The molecule has 0 aliphatic heterocycles. The number of amides is 1. The molecule has 7 heteroatoms. The van der Waals surface area contributed by atoms with E-state index < -0.39 is 0 Å². The molecule has 126 valence electrons. The number of anilines is 3. The highest BCUT2D eigenvalue weighted by Gasteiger charge is 2.15. The SMILES string of the molecule is O=C(CC(=O)c1cnc(Nc2ccccc2Cl)s1)Nc1ccccc1. The van der Waals surface area contributed by atoms with Gasteiger partial charge >= 0.3 is 0 Å². The van der Waals surface area contributed by atoms with Gasteiger partial charge in [-0.05, 0) is 24.3 Å². The lowest BCUT2D eigenvalue weighted by molar-refractivity contribution is -0.115. The van der Waals surface area contributed by atoms with E-state index in [4.69, 9.17) is 11.6 Å². The molecule has 0 spiro atoms. The summed E-state index contributed by atoms with van der Waals surface area (Å²) in [4.78, 5) is 28.8. The van der Waals surface area contributed by atoms with Crippen molar-refractivity contribution in [2.75, 3.05) is 10.6 Å². The summed E-state index contributed by atoms with van der Waals surface area (Å²) in [6.07, 6.45) is 1.23. The predicted molar refractivity (Wildman–Crippen MR) is 101 cm³/mol. The van der Waals surface area contributed by atoms with Gasteiger partial charge in [0, 0.05) is 5.69 Å². The summed E-state index contributed by atoms with van der Waals surface area (Å²) in [5.41, 5.74) is 1.37. The van der Waals surface area contributed by atoms with E-state index in [0.29, 0.717) is 26.4 Å². The number of Topliss-reactive ketones (excluding diaryl/α,β-unsaturated/α-hetero) is 1. The van der Waals surface area contributed by atoms with Crippen molar-refractivity contribution in [1.29, 1.82) is 0 Å². The highest BCUT2D eigenvalue weighted by atomic mass is 35.5. The first-order valence-electron chi connectivity index (χ1n) is 7.47. The fourth-order valence-corrected chi connectivity index (χ4v) is 3.05. The molecule has 0 fully saturated rings. The van der Waals surface area contributed by atoms with Gasteiger partial charge in [-0.3, -0.25) is 9.59 Å². The minimum Gasteiger partial charge on any atom is -0.330 e. The topological polar surface area (TPSA) is 71.1 Å². The molecular weight excluding hydrogens is 358 g/mol. The molecule has 0 bridgehead atoms. The molecule has 1 heterocycles. The molecule has 0 aliphatic rings. The summed E-state index contributed by atoms with van der Waals surface area (Å²) in [5, 5.41) is 6.86. The zero-order chi connectivity index (χ0) is 17.6. The van der Waals surface area contributed by atoms with E-state index in [-0.39, 0.29) is 18.1 Å². The number of hydrogen-bond donors (Lipinski definition) is 2. The van der Waals surface area contributed by atoms with Gasteiger partial charge in [-0.1, -0.05) is 53.3 Å². The van der Waals surface area contributed by atoms with Crippen molar-refractivity contribution in [2.24, 2.45) is 0 Å². The Labute approximate surface area is 153 Å². The number of para-hydroxylation sites is 2. The zero-order valence-electron chi connectivity index (χ0n) is 13.0. The van der Waals surface area contributed by atoms with Crippen LogP contribution in [0.4, 0.5) is 16.5 Å². The van der Waals surface area contributed by atoms with E-state index in [1.165, 1.54) is 17.5 Å². The molecule has 5 nitrogen and oxygen atoms in total. The van der Waals surface area contributed by atoms with Crippen molar-refractivity contribution in [2.45, 2.75) is 6.42 Å². The molecule has 0 saturated carbocycles. The van der Waals surface area contributed by atoms with Crippen molar-refractivity contribution >= 4 is 51.1 Å². The second-order valence-corrected chi connectivity index (χ2v) is 6.59. The molecule has 3 rings (SSSR count). The van der Waals surface area contributed by atoms with Crippen LogP contribution in [0, 0.1) is 0 Å². The Morgan fingerprint density at radius 1 is 1.04 bits per heavy atom. The van der Waals surface area contributed by atoms with E-state index in [1.54, 1.807) is 18.2 Å². The van der Waals surface area contributed by atoms with Gasteiger partial charge in [0.2, 0.25) is 5.91 Å². The first kappa shape index (κ1) is 17.1. The largest absolute Gasteiger partial charge is 0.330 e. The van der Waals surface area contributed by atoms with E-state index in [1.807, 2.05) is 36.4 Å². The van der Waals surface area contributed by atoms with Gasteiger partial charge < -0.3 is 10.6 Å². The Morgan fingerprint density at radius 3 is 2.52 bits per heavy atom. The molecule has 1 aromatic heterocycles. The zero-order valence-corrected chi connectivity index (χ0v) is 14.6. The number of carbonyl (C=O) groups excluding carboxylic acids is 2. The van der Waals surface area contributed by atoms with Gasteiger partial charge in [0.05, 0.1) is 28.2 Å². The van der Waals surface area contributed by atoms with Crippen LogP contribution in [0.3, 0.4) is 0 Å². The van der Waals surface area contributed by atoms with Gasteiger partial charge in [-0.2, -0.15) is 0 Å². The monoisotopic (exact) mass is 371 g/mol. The molecule has 2 N–H and O–H groups in total. The average molecular weight is 372 g/mol. The number of aromatic nitrogens is 1. The van der Waals surface area contributed by atoms with Crippen LogP contribution < -0.4 is 10.6 Å². The lowest BCUT2D eigenvalue weighted by atomic mass is 10.2. The maximum absolute atomic E-state index is 12.2. The number of nitrogens with one attached hydrogen (secondary N) is 2. The average Bonchev–Trinajstić information content (AvgIpc) is 3.06. The quantitative estimate of drug-likeness (QED) is 0.484. The number of hydrogen-bond acceptors (Lipinski definition) is 5. The van der Waals surface area contributed by atoms with Crippen molar-refractivity contribution in [3.63, 3.8) is 0 Å². The number of carbonyl (C=O) groups is 2. The van der Waals surface area contributed by atoms with Gasteiger partial charge in [-0.25, -0.2) is 4.98 Å². The fraction of sp³-hybridized carbons (Fsp3) is 0.0556. The summed E-state index contributed by atoms with van der Waals surface area (Å²) in [6, 6.07) is 16.3. The van der Waals surface area contributed by atoms with Crippen LogP contribution in [0.5, 0.6) is 0 Å². The highest BCUT2D eigenvalue weighted by molar-refractivity contribution is 7.17. The molecular formula is C18H14ClN3O2S. The van der Waals surface area contributed by atoms with E-state index in [9.17, 15) is 9.59 Å². The Morgan fingerprint density at radius 2 is 1.76 bits per heavy atom. The van der Waals surface area contributed by atoms with Crippen molar-refractivity contribution in [3.8, 4) is 0 Å². The van der Waals surface area contributed by atoms with Crippen molar-refractivity contribution < 1.29 is 9.59 Å². The first-order chi connectivity index (χ1) is 12.1. The normalized spacial score (nSPS) is 10.3. The Hall–Kier alpha value is -2.70. The molecule has 1 amide bonds.